The first-order chi connectivity index (χ1) is 12.6. The lowest BCUT2D eigenvalue weighted by Gasteiger charge is -2.11. The van der Waals surface area contributed by atoms with Crippen LogP contribution in [0.15, 0.2) is 53.2 Å². The van der Waals surface area contributed by atoms with E-state index < -0.39 is 5.97 Å². The maximum atomic E-state index is 12.1. The van der Waals surface area contributed by atoms with Gasteiger partial charge in [0.2, 0.25) is 5.90 Å². The maximum Gasteiger partial charge on any atom is 0.363 e. The van der Waals surface area contributed by atoms with Crippen LogP contribution in [0.4, 0.5) is 0 Å². The molecule has 0 saturated heterocycles. The van der Waals surface area contributed by atoms with Crippen LogP contribution in [0.5, 0.6) is 11.5 Å². The summed E-state index contributed by atoms with van der Waals surface area (Å²) in [5, 5.41) is 0.604. The van der Waals surface area contributed by atoms with Crippen LogP contribution in [0.25, 0.3) is 6.08 Å². The molecule has 134 valence electrons. The number of benzene rings is 2. The largest absolute Gasteiger partial charge is 0.490 e. The SMILES string of the molecule is CCOc1ccc(/C=C2/N=C(c3ccc(Cl)cc3)OC2=O)cc1OCC. The minimum absolute atomic E-state index is 0.224. The van der Waals surface area contributed by atoms with E-state index in [1.54, 1.807) is 30.3 Å². The second-order valence-corrected chi connectivity index (χ2v) is 5.85. The quantitative estimate of drug-likeness (QED) is 0.555. The molecule has 0 saturated carbocycles. The van der Waals surface area contributed by atoms with Crippen molar-refractivity contribution in [2.75, 3.05) is 13.2 Å². The lowest BCUT2D eigenvalue weighted by Crippen LogP contribution is -2.05. The standard InChI is InChI=1S/C20H18ClNO4/c1-3-24-17-10-5-13(12-18(17)25-4-2)11-16-20(23)26-19(22-16)14-6-8-15(21)9-7-14/h5-12H,3-4H2,1-2H3/b16-11+. The Bertz CT molecular complexity index is 872. The van der Waals surface area contributed by atoms with Crippen LogP contribution in [0, 0.1) is 0 Å². The van der Waals surface area contributed by atoms with Gasteiger partial charge in [0.15, 0.2) is 17.2 Å². The van der Waals surface area contributed by atoms with Gasteiger partial charge in [-0.15, -0.1) is 0 Å². The zero-order chi connectivity index (χ0) is 18.5. The van der Waals surface area contributed by atoms with Crippen molar-refractivity contribution < 1.29 is 19.0 Å². The van der Waals surface area contributed by atoms with Crippen LogP contribution in [0.1, 0.15) is 25.0 Å². The number of hydrogen-bond donors (Lipinski definition) is 0. The molecule has 1 aliphatic rings. The van der Waals surface area contributed by atoms with E-state index in [1.807, 2.05) is 32.0 Å². The van der Waals surface area contributed by atoms with Crippen LogP contribution in [-0.4, -0.2) is 25.1 Å². The van der Waals surface area contributed by atoms with Gasteiger partial charge in [-0.05, 0) is 61.9 Å². The number of ether oxygens (including phenoxy) is 3. The summed E-state index contributed by atoms with van der Waals surface area (Å²) in [6.45, 7) is 4.87. The fraction of sp³-hybridized carbons (Fsp3) is 0.200. The molecule has 5 nitrogen and oxygen atoms in total. The van der Waals surface area contributed by atoms with E-state index in [4.69, 9.17) is 25.8 Å². The van der Waals surface area contributed by atoms with Gasteiger partial charge in [-0.25, -0.2) is 9.79 Å². The second kappa shape index (κ2) is 8.06. The Hall–Kier alpha value is -2.79. The van der Waals surface area contributed by atoms with Crippen LogP contribution in [0.3, 0.4) is 0 Å². The second-order valence-electron chi connectivity index (χ2n) is 5.42. The highest BCUT2D eigenvalue weighted by molar-refractivity contribution is 6.30. The predicted octanol–water partition coefficient (Wildman–Crippen LogP) is 4.48. The number of rotatable bonds is 6. The first-order valence-electron chi connectivity index (χ1n) is 8.29. The molecule has 0 amide bonds. The highest BCUT2D eigenvalue weighted by Gasteiger charge is 2.24. The molecule has 0 atom stereocenters. The number of halogens is 1. The third-order valence-electron chi connectivity index (χ3n) is 3.58. The van der Waals surface area contributed by atoms with Crippen LogP contribution in [0.2, 0.25) is 5.02 Å². The van der Waals surface area contributed by atoms with E-state index in [0.29, 0.717) is 35.3 Å². The van der Waals surface area contributed by atoms with Gasteiger partial charge in [-0.3, -0.25) is 0 Å². The molecule has 1 heterocycles. The third-order valence-corrected chi connectivity index (χ3v) is 3.83. The fourth-order valence-corrected chi connectivity index (χ4v) is 2.57. The first kappa shape index (κ1) is 18.0. The average Bonchev–Trinajstić information content (AvgIpc) is 2.99. The normalized spacial score (nSPS) is 15.0. The number of hydrogen-bond acceptors (Lipinski definition) is 5. The summed E-state index contributed by atoms with van der Waals surface area (Å²) in [7, 11) is 0. The van der Waals surface area contributed by atoms with Crippen molar-refractivity contribution in [3.63, 3.8) is 0 Å². The van der Waals surface area contributed by atoms with Crippen molar-refractivity contribution in [1.82, 2.24) is 0 Å². The third kappa shape index (κ3) is 4.06. The average molecular weight is 372 g/mol. The first-order valence-corrected chi connectivity index (χ1v) is 8.66. The molecule has 0 unspecified atom stereocenters. The molecule has 0 radical (unpaired) electrons. The van der Waals surface area contributed by atoms with E-state index in [0.717, 1.165) is 5.56 Å². The molecule has 1 aliphatic heterocycles. The highest BCUT2D eigenvalue weighted by Crippen LogP contribution is 2.30. The summed E-state index contributed by atoms with van der Waals surface area (Å²) in [5.41, 5.74) is 1.68. The fourth-order valence-electron chi connectivity index (χ4n) is 2.44. The number of carbonyl (C=O) groups excluding carboxylic acids is 1. The van der Waals surface area contributed by atoms with Gasteiger partial charge >= 0.3 is 5.97 Å². The molecule has 3 rings (SSSR count). The Labute approximate surface area is 156 Å². The number of esters is 1. The van der Waals surface area contributed by atoms with Crippen molar-refractivity contribution in [1.29, 1.82) is 0 Å². The van der Waals surface area contributed by atoms with Gasteiger partial charge < -0.3 is 14.2 Å². The molecule has 0 aromatic heterocycles. The predicted molar refractivity (Wildman–Crippen MR) is 101 cm³/mol. The van der Waals surface area contributed by atoms with Crippen LogP contribution in [-0.2, 0) is 9.53 Å². The lowest BCUT2D eigenvalue weighted by molar-refractivity contribution is -0.129. The van der Waals surface area contributed by atoms with Gasteiger partial charge in [-0.1, -0.05) is 17.7 Å². The number of carbonyl (C=O) groups is 1. The summed E-state index contributed by atoms with van der Waals surface area (Å²) >= 11 is 5.88. The molecule has 0 aliphatic carbocycles. The van der Waals surface area contributed by atoms with Crippen LogP contribution < -0.4 is 9.47 Å². The van der Waals surface area contributed by atoms with E-state index in [2.05, 4.69) is 4.99 Å². The summed E-state index contributed by atoms with van der Waals surface area (Å²) in [5.74, 6) is 1.04. The Balaban J connectivity index is 1.90. The molecular weight excluding hydrogens is 354 g/mol. The maximum absolute atomic E-state index is 12.1. The molecule has 26 heavy (non-hydrogen) atoms. The number of aliphatic imine (C=N–C) groups is 1. The summed E-state index contributed by atoms with van der Waals surface area (Å²) < 4.78 is 16.4. The summed E-state index contributed by atoms with van der Waals surface area (Å²) in [6.07, 6.45) is 1.66. The molecule has 6 heteroatoms. The van der Waals surface area contributed by atoms with Gasteiger partial charge in [0.25, 0.3) is 0 Å². The number of nitrogens with zero attached hydrogens (tertiary/aromatic N) is 1. The summed E-state index contributed by atoms with van der Waals surface area (Å²) in [6, 6.07) is 12.4. The molecule has 0 bridgehead atoms. The highest BCUT2D eigenvalue weighted by atomic mass is 35.5. The van der Waals surface area contributed by atoms with E-state index in [-0.39, 0.29) is 11.6 Å². The van der Waals surface area contributed by atoms with Gasteiger partial charge in [0, 0.05) is 10.6 Å². The van der Waals surface area contributed by atoms with Crippen LogP contribution >= 0.6 is 11.6 Å². The molecule has 2 aromatic rings. The van der Waals surface area contributed by atoms with Gasteiger partial charge in [0.05, 0.1) is 13.2 Å². The van der Waals surface area contributed by atoms with Gasteiger partial charge in [-0.2, -0.15) is 0 Å². The molecule has 0 fully saturated rings. The molecular formula is C20H18ClNO4. The van der Waals surface area contributed by atoms with E-state index in [9.17, 15) is 4.79 Å². The van der Waals surface area contributed by atoms with E-state index in [1.165, 1.54) is 0 Å². The van der Waals surface area contributed by atoms with E-state index >= 15 is 0 Å². The summed E-state index contributed by atoms with van der Waals surface area (Å²) in [4.78, 5) is 16.4. The van der Waals surface area contributed by atoms with Crippen molar-refractivity contribution in [2.24, 2.45) is 4.99 Å². The van der Waals surface area contributed by atoms with Crippen molar-refractivity contribution in [2.45, 2.75) is 13.8 Å². The van der Waals surface area contributed by atoms with Gasteiger partial charge in [0.1, 0.15) is 0 Å². The minimum atomic E-state index is -0.498. The zero-order valence-corrected chi connectivity index (χ0v) is 15.2. The molecule has 0 N–H and O–H groups in total. The lowest BCUT2D eigenvalue weighted by atomic mass is 10.1. The topological polar surface area (TPSA) is 57.1 Å². The monoisotopic (exact) mass is 371 g/mol. The van der Waals surface area contributed by atoms with Crippen molar-refractivity contribution in [3.05, 3.63) is 64.3 Å². The zero-order valence-electron chi connectivity index (χ0n) is 14.5. The molecule has 2 aromatic carbocycles. The Kier molecular flexibility index (Phi) is 5.58. The molecule has 0 spiro atoms. The number of cyclic esters (lactones) is 1. The van der Waals surface area contributed by atoms with Crippen molar-refractivity contribution in [3.8, 4) is 11.5 Å². The Morgan fingerprint density at radius 2 is 1.73 bits per heavy atom. The Morgan fingerprint density at radius 1 is 1.04 bits per heavy atom. The Morgan fingerprint density at radius 3 is 2.42 bits per heavy atom. The minimum Gasteiger partial charge on any atom is -0.490 e. The smallest absolute Gasteiger partial charge is 0.363 e. The van der Waals surface area contributed by atoms with Crippen molar-refractivity contribution >= 4 is 29.5 Å².